The molecule has 0 aliphatic carbocycles. The number of hydrogen-bond donors (Lipinski definition) is 2. The first-order valence-corrected chi connectivity index (χ1v) is 6.05. The monoisotopic (exact) mass is 275 g/mol. The molecule has 0 saturated heterocycles. The van der Waals surface area contributed by atoms with Crippen LogP contribution in [0.2, 0.25) is 0 Å². The molecule has 0 atom stereocenters. The molecule has 0 bridgehead atoms. The van der Waals surface area contributed by atoms with Crippen LogP contribution >= 0.6 is 11.3 Å². The highest BCUT2D eigenvalue weighted by atomic mass is 32.1. The number of aromatic nitrogens is 2. The van der Waals surface area contributed by atoms with Gasteiger partial charge in [-0.05, 0) is 18.2 Å². The average molecular weight is 275 g/mol. The molecular formula is C12H9N3O3S. The third kappa shape index (κ3) is 3.71. The number of nitrogens with zero attached hydrogens (tertiary/aromatic N) is 2. The Hall–Kier alpha value is -2.54. The van der Waals surface area contributed by atoms with Crippen molar-refractivity contribution in [1.29, 1.82) is 0 Å². The molecule has 96 valence electrons. The van der Waals surface area contributed by atoms with Crippen LogP contribution in [0.15, 0.2) is 36.8 Å². The van der Waals surface area contributed by atoms with Crippen molar-refractivity contribution in [3.63, 3.8) is 0 Å². The van der Waals surface area contributed by atoms with Crippen LogP contribution in [0.1, 0.15) is 15.2 Å². The largest absolute Gasteiger partial charge is 0.478 e. The van der Waals surface area contributed by atoms with Gasteiger partial charge in [-0.25, -0.2) is 9.78 Å². The fourth-order valence-electron chi connectivity index (χ4n) is 1.25. The molecule has 6 nitrogen and oxygen atoms in total. The fraction of sp³-hybridized carbons (Fsp3) is 0. The van der Waals surface area contributed by atoms with Gasteiger partial charge in [-0.1, -0.05) is 11.3 Å². The molecule has 7 heteroatoms. The van der Waals surface area contributed by atoms with Crippen molar-refractivity contribution in [2.45, 2.75) is 0 Å². The number of pyridine rings is 1. The predicted octanol–water partition coefficient (Wildman–Crippen LogP) is 1.89. The Morgan fingerprint density at radius 2 is 2.05 bits per heavy atom. The van der Waals surface area contributed by atoms with Crippen molar-refractivity contribution in [2.24, 2.45) is 0 Å². The molecule has 0 radical (unpaired) electrons. The van der Waals surface area contributed by atoms with Gasteiger partial charge >= 0.3 is 5.97 Å². The van der Waals surface area contributed by atoms with E-state index in [9.17, 15) is 9.59 Å². The summed E-state index contributed by atoms with van der Waals surface area (Å²) in [6.07, 6.45) is 6.98. The van der Waals surface area contributed by atoms with Gasteiger partial charge in [0.1, 0.15) is 0 Å². The molecule has 2 rings (SSSR count). The van der Waals surface area contributed by atoms with E-state index in [1.54, 1.807) is 12.1 Å². The quantitative estimate of drug-likeness (QED) is 0.831. The minimum Gasteiger partial charge on any atom is -0.478 e. The third-order valence-corrected chi connectivity index (χ3v) is 2.95. The summed E-state index contributed by atoms with van der Waals surface area (Å²) in [5.74, 6) is -1.32. The van der Waals surface area contributed by atoms with Crippen molar-refractivity contribution < 1.29 is 14.7 Å². The van der Waals surface area contributed by atoms with E-state index in [1.807, 2.05) is 0 Å². The summed E-state index contributed by atoms with van der Waals surface area (Å²) >= 11 is 1.19. The highest BCUT2D eigenvalue weighted by Crippen LogP contribution is 2.19. The number of aliphatic carboxylic acids is 1. The zero-order chi connectivity index (χ0) is 13.7. The van der Waals surface area contributed by atoms with Gasteiger partial charge in [0.25, 0.3) is 5.91 Å². The van der Waals surface area contributed by atoms with Gasteiger partial charge in [-0.3, -0.25) is 15.1 Å². The number of carboxylic acids is 1. The summed E-state index contributed by atoms with van der Waals surface area (Å²) in [7, 11) is 0. The zero-order valence-corrected chi connectivity index (χ0v) is 10.4. The Morgan fingerprint density at radius 3 is 2.74 bits per heavy atom. The lowest BCUT2D eigenvalue weighted by atomic mass is 10.2. The van der Waals surface area contributed by atoms with Crippen molar-refractivity contribution in [1.82, 2.24) is 9.97 Å². The van der Waals surface area contributed by atoms with Gasteiger partial charge in [-0.15, -0.1) is 0 Å². The van der Waals surface area contributed by atoms with Crippen LogP contribution in [0.4, 0.5) is 5.13 Å². The Bertz CT molecular complexity index is 622. The second-order valence-corrected chi connectivity index (χ2v) is 4.49. The number of thiazole rings is 1. The van der Waals surface area contributed by atoms with Crippen LogP contribution in [0.5, 0.6) is 0 Å². The van der Waals surface area contributed by atoms with Gasteiger partial charge in [-0.2, -0.15) is 0 Å². The lowest BCUT2D eigenvalue weighted by molar-refractivity contribution is -0.131. The number of amides is 1. The number of rotatable bonds is 4. The fourth-order valence-corrected chi connectivity index (χ4v) is 1.96. The molecule has 0 aliphatic heterocycles. The molecule has 0 saturated carbocycles. The number of nitrogens with one attached hydrogen (secondary N) is 1. The predicted molar refractivity (Wildman–Crippen MR) is 71.0 cm³/mol. The molecule has 2 N–H and O–H groups in total. The highest BCUT2D eigenvalue weighted by Gasteiger charge is 2.07. The molecule has 1 amide bonds. The Kier molecular flexibility index (Phi) is 3.99. The molecular weight excluding hydrogens is 266 g/mol. The Labute approximate surface area is 112 Å². The van der Waals surface area contributed by atoms with Crippen LogP contribution in [0.3, 0.4) is 0 Å². The first-order valence-electron chi connectivity index (χ1n) is 5.23. The van der Waals surface area contributed by atoms with Crippen LogP contribution in [-0.2, 0) is 4.79 Å². The molecule has 0 fully saturated rings. The summed E-state index contributed by atoms with van der Waals surface area (Å²) in [5, 5.41) is 11.5. The number of carbonyl (C=O) groups excluding carboxylic acids is 1. The maximum Gasteiger partial charge on any atom is 0.328 e. The number of anilines is 1. The van der Waals surface area contributed by atoms with Gasteiger partial charge in [0, 0.05) is 35.1 Å². The van der Waals surface area contributed by atoms with E-state index < -0.39 is 5.97 Å². The van der Waals surface area contributed by atoms with Crippen molar-refractivity contribution >= 4 is 34.4 Å². The molecule has 2 aromatic heterocycles. The SMILES string of the molecule is O=C(O)C=Cc1cnc(NC(=O)c2ccncc2)s1. The summed E-state index contributed by atoms with van der Waals surface area (Å²) in [6, 6.07) is 3.18. The summed E-state index contributed by atoms with van der Waals surface area (Å²) < 4.78 is 0. The lowest BCUT2D eigenvalue weighted by Gasteiger charge is -1.99. The van der Waals surface area contributed by atoms with Crippen LogP contribution in [-0.4, -0.2) is 27.0 Å². The molecule has 2 heterocycles. The molecule has 0 unspecified atom stereocenters. The number of carbonyl (C=O) groups is 2. The van der Waals surface area contributed by atoms with E-state index in [0.29, 0.717) is 15.6 Å². The topological polar surface area (TPSA) is 92.2 Å². The molecule has 19 heavy (non-hydrogen) atoms. The number of carboxylic acid groups (broad SMARTS) is 1. The molecule has 0 spiro atoms. The van der Waals surface area contributed by atoms with Crippen LogP contribution in [0.25, 0.3) is 6.08 Å². The van der Waals surface area contributed by atoms with E-state index in [-0.39, 0.29) is 5.91 Å². The first-order chi connectivity index (χ1) is 9.15. The molecule has 0 aliphatic rings. The lowest BCUT2D eigenvalue weighted by Crippen LogP contribution is -2.11. The maximum absolute atomic E-state index is 11.8. The van der Waals surface area contributed by atoms with Crippen molar-refractivity contribution in [3.05, 3.63) is 47.2 Å². The van der Waals surface area contributed by atoms with Gasteiger partial charge in [0.15, 0.2) is 5.13 Å². The summed E-state index contributed by atoms with van der Waals surface area (Å²) in [4.78, 5) is 30.6. The standard InChI is InChI=1S/C12H9N3O3S/c16-10(17)2-1-9-7-14-12(19-9)15-11(18)8-3-5-13-6-4-8/h1-7H,(H,16,17)(H,14,15,18). The van der Waals surface area contributed by atoms with Crippen molar-refractivity contribution in [2.75, 3.05) is 5.32 Å². The van der Waals surface area contributed by atoms with E-state index in [0.717, 1.165) is 6.08 Å². The second kappa shape index (κ2) is 5.87. The van der Waals surface area contributed by atoms with Gasteiger partial charge < -0.3 is 5.11 Å². The molecule has 2 aromatic rings. The van der Waals surface area contributed by atoms with Gasteiger partial charge in [0.05, 0.1) is 0 Å². The van der Waals surface area contributed by atoms with Crippen molar-refractivity contribution in [3.8, 4) is 0 Å². The Morgan fingerprint density at radius 1 is 1.32 bits per heavy atom. The minimum atomic E-state index is -1.03. The second-order valence-electron chi connectivity index (χ2n) is 3.43. The normalized spacial score (nSPS) is 10.5. The van der Waals surface area contributed by atoms with Crippen LogP contribution in [0, 0.1) is 0 Å². The Balaban J connectivity index is 2.04. The van der Waals surface area contributed by atoms with E-state index in [4.69, 9.17) is 5.11 Å². The van der Waals surface area contributed by atoms with E-state index in [1.165, 1.54) is 36.0 Å². The van der Waals surface area contributed by atoms with Gasteiger partial charge in [0.2, 0.25) is 0 Å². The summed E-state index contributed by atoms with van der Waals surface area (Å²) in [6.45, 7) is 0. The highest BCUT2D eigenvalue weighted by molar-refractivity contribution is 7.16. The minimum absolute atomic E-state index is 0.287. The van der Waals surface area contributed by atoms with E-state index in [2.05, 4.69) is 15.3 Å². The smallest absolute Gasteiger partial charge is 0.328 e. The molecule has 0 aromatic carbocycles. The zero-order valence-electron chi connectivity index (χ0n) is 9.61. The maximum atomic E-state index is 11.8. The summed E-state index contributed by atoms with van der Waals surface area (Å²) in [5.41, 5.74) is 0.479. The van der Waals surface area contributed by atoms with Crippen LogP contribution < -0.4 is 5.32 Å². The van der Waals surface area contributed by atoms with E-state index >= 15 is 0 Å². The first kappa shape index (κ1) is 12.9. The average Bonchev–Trinajstić information content (AvgIpc) is 2.85. The number of hydrogen-bond acceptors (Lipinski definition) is 5. The third-order valence-electron chi connectivity index (χ3n) is 2.08.